The number of carboxylic acid groups (broad SMARTS) is 1. The van der Waals surface area contributed by atoms with Crippen molar-refractivity contribution in [3.8, 4) is 0 Å². The van der Waals surface area contributed by atoms with E-state index in [1.807, 2.05) is 0 Å². The zero-order valence-electron chi connectivity index (χ0n) is 8.18. The highest BCUT2D eigenvalue weighted by Crippen LogP contribution is 2.43. The van der Waals surface area contributed by atoms with Crippen LogP contribution in [0.5, 0.6) is 0 Å². The molecule has 4 heteroatoms. The summed E-state index contributed by atoms with van der Waals surface area (Å²) in [5.74, 6) is -2.78. The van der Waals surface area contributed by atoms with Gasteiger partial charge in [-0.25, -0.2) is 13.6 Å². The van der Waals surface area contributed by atoms with Gasteiger partial charge in [-0.15, -0.1) is 0 Å². The zero-order chi connectivity index (χ0) is 11.2. The summed E-state index contributed by atoms with van der Waals surface area (Å²) in [5.41, 5.74) is -0.109. The topological polar surface area (TPSA) is 37.3 Å². The number of carboxylic acids is 1. The lowest BCUT2D eigenvalue weighted by Gasteiger charge is -2.09. The van der Waals surface area contributed by atoms with E-state index in [1.54, 1.807) is 0 Å². The molecule has 0 bridgehead atoms. The maximum atomic E-state index is 13.5. The van der Waals surface area contributed by atoms with E-state index in [1.165, 1.54) is 6.92 Å². The molecule has 0 atom stereocenters. The van der Waals surface area contributed by atoms with Crippen LogP contribution in [0, 0.1) is 18.6 Å². The van der Waals surface area contributed by atoms with Crippen molar-refractivity contribution >= 4 is 5.97 Å². The van der Waals surface area contributed by atoms with E-state index in [9.17, 15) is 13.6 Å². The molecule has 1 fully saturated rings. The van der Waals surface area contributed by atoms with Crippen LogP contribution in [0.3, 0.4) is 0 Å². The highest BCUT2D eigenvalue weighted by atomic mass is 19.1. The third-order valence-corrected chi connectivity index (χ3v) is 2.71. The van der Waals surface area contributed by atoms with Crippen LogP contribution in [-0.2, 0) is 0 Å². The van der Waals surface area contributed by atoms with Crippen molar-refractivity contribution in [1.29, 1.82) is 0 Å². The maximum absolute atomic E-state index is 13.5. The number of carbonyl (C=O) groups is 1. The molecule has 1 aromatic rings. The number of rotatable bonds is 2. The fourth-order valence-electron chi connectivity index (χ4n) is 1.80. The molecule has 1 saturated carbocycles. The molecule has 2 nitrogen and oxygen atoms in total. The van der Waals surface area contributed by atoms with E-state index in [-0.39, 0.29) is 11.5 Å². The van der Waals surface area contributed by atoms with Gasteiger partial charge in [0.15, 0.2) is 0 Å². The van der Waals surface area contributed by atoms with Gasteiger partial charge in [0.1, 0.15) is 11.6 Å². The van der Waals surface area contributed by atoms with Crippen LogP contribution in [0.4, 0.5) is 8.78 Å². The van der Waals surface area contributed by atoms with Gasteiger partial charge in [-0.05, 0) is 42.9 Å². The van der Waals surface area contributed by atoms with Gasteiger partial charge in [-0.1, -0.05) is 0 Å². The molecule has 1 N–H and O–H groups in total. The van der Waals surface area contributed by atoms with Crippen LogP contribution in [0.1, 0.15) is 40.2 Å². The van der Waals surface area contributed by atoms with Crippen molar-refractivity contribution in [2.45, 2.75) is 25.7 Å². The number of aromatic carboxylic acids is 1. The number of hydrogen-bond acceptors (Lipinski definition) is 1. The van der Waals surface area contributed by atoms with E-state index in [0.717, 1.165) is 18.9 Å². The van der Waals surface area contributed by atoms with Crippen molar-refractivity contribution in [2.24, 2.45) is 0 Å². The van der Waals surface area contributed by atoms with E-state index in [2.05, 4.69) is 0 Å². The van der Waals surface area contributed by atoms with Gasteiger partial charge < -0.3 is 5.11 Å². The molecule has 15 heavy (non-hydrogen) atoms. The minimum atomic E-state index is -1.43. The Morgan fingerprint density at radius 2 is 2.07 bits per heavy atom. The van der Waals surface area contributed by atoms with Gasteiger partial charge in [-0.3, -0.25) is 0 Å². The smallest absolute Gasteiger partial charge is 0.338 e. The SMILES string of the molecule is Cc1c(F)c(C(=O)O)cc(F)c1C1CC1. The van der Waals surface area contributed by atoms with Gasteiger partial charge >= 0.3 is 5.97 Å². The van der Waals surface area contributed by atoms with Gasteiger partial charge in [0.25, 0.3) is 0 Å². The fourth-order valence-corrected chi connectivity index (χ4v) is 1.80. The largest absolute Gasteiger partial charge is 0.478 e. The second-order valence-corrected chi connectivity index (χ2v) is 3.84. The van der Waals surface area contributed by atoms with Gasteiger partial charge in [0.2, 0.25) is 0 Å². The Bertz CT molecular complexity index is 437. The van der Waals surface area contributed by atoms with Crippen molar-refractivity contribution in [3.63, 3.8) is 0 Å². The average molecular weight is 212 g/mol. The van der Waals surface area contributed by atoms with E-state index < -0.39 is 23.2 Å². The molecule has 0 amide bonds. The summed E-state index contributed by atoms with van der Waals surface area (Å²) in [6, 6.07) is 0.776. The van der Waals surface area contributed by atoms with Gasteiger partial charge in [0, 0.05) is 0 Å². The Balaban J connectivity index is 2.61. The molecule has 0 unspecified atom stereocenters. The summed E-state index contributed by atoms with van der Waals surface area (Å²) < 4.78 is 27.0. The molecule has 2 rings (SSSR count). The molecule has 0 spiro atoms. The molecule has 1 aliphatic carbocycles. The highest BCUT2D eigenvalue weighted by molar-refractivity contribution is 5.88. The summed E-state index contributed by atoms with van der Waals surface area (Å²) in [6.45, 7) is 1.43. The normalized spacial score (nSPS) is 15.4. The molecular weight excluding hydrogens is 202 g/mol. The Labute approximate surface area is 85.5 Å². The molecule has 0 heterocycles. The van der Waals surface area contributed by atoms with E-state index >= 15 is 0 Å². The first-order chi connectivity index (χ1) is 7.02. The lowest BCUT2D eigenvalue weighted by atomic mass is 9.99. The van der Waals surface area contributed by atoms with Crippen LogP contribution in [-0.4, -0.2) is 11.1 Å². The Morgan fingerprint density at radius 3 is 2.53 bits per heavy atom. The van der Waals surface area contributed by atoms with E-state index in [4.69, 9.17) is 5.11 Å². The Kier molecular flexibility index (Phi) is 2.21. The standard InChI is InChI=1S/C11H10F2O2/c1-5-9(6-2-3-6)8(12)4-7(10(5)13)11(14)15/h4,6H,2-3H2,1H3,(H,14,15). The minimum Gasteiger partial charge on any atom is -0.478 e. The fraction of sp³-hybridized carbons (Fsp3) is 0.364. The second kappa shape index (κ2) is 3.29. The summed E-state index contributed by atoms with van der Waals surface area (Å²) >= 11 is 0. The lowest BCUT2D eigenvalue weighted by Crippen LogP contribution is -2.07. The monoisotopic (exact) mass is 212 g/mol. The predicted octanol–water partition coefficient (Wildman–Crippen LogP) is 2.85. The first-order valence-corrected chi connectivity index (χ1v) is 4.74. The van der Waals surface area contributed by atoms with E-state index in [0.29, 0.717) is 5.56 Å². The molecule has 1 aromatic carbocycles. The molecule has 0 saturated heterocycles. The van der Waals surface area contributed by atoms with Crippen LogP contribution in [0.15, 0.2) is 6.07 Å². The first-order valence-electron chi connectivity index (χ1n) is 4.74. The molecule has 80 valence electrons. The Morgan fingerprint density at radius 1 is 1.47 bits per heavy atom. The minimum absolute atomic E-state index is 0.0716. The van der Waals surface area contributed by atoms with Crippen LogP contribution >= 0.6 is 0 Å². The quantitative estimate of drug-likeness (QED) is 0.818. The van der Waals surface area contributed by atoms with Crippen molar-refractivity contribution in [1.82, 2.24) is 0 Å². The van der Waals surface area contributed by atoms with Gasteiger partial charge in [-0.2, -0.15) is 0 Å². The van der Waals surface area contributed by atoms with Crippen LogP contribution < -0.4 is 0 Å². The number of hydrogen-bond donors (Lipinski definition) is 1. The molecular formula is C11H10F2O2. The predicted molar refractivity (Wildman–Crippen MR) is 50.0 cm³/mol. The molecule has 0 aliphatic heterocycles. The third-order valence-electron chi connectivity index (χ3n) is 2.71. The van der Waals surface area contributed by atoms with Crippen LogP contribution in [0.2, 0.25) is 0 Å². The molecule has 1 aliphatic rings. The zero-order valence-corrected chi connectivity index (χ0v) is 8.18. The summed E-state index contributed by atoms with van der Waals surface area (Å²) in [4.78, 5) is 10.6. The molecule has 0 aromatic heterocycles. The highest BCUT2D eigenvalue weighted by Gasteiger charge is 2.31. The summed E-state index contributed by atoms with van der Waals surface area (Å²) in [7, 11) is 0. The Hall–Kier alpha value is -1.45. The average Bonchev–Trinajstić information content (AvgIpc) is 2.95. The lowest BCUT2D eigenvalue weighted by molar-refractivity contribution is 0.0691. The van der Waals surface area contributed by atoms with Crippen LogP contribution in [0.25, 0.3) is 0 Å². The third kappa shape index (κ3) is 1.60. The maximum Gasteiger partial charge on any atom is 0.338 e. The van der Waals surface area contributed by atoms with Crippen molar-refractivity contribution in [2.75, 3.05) is 0 Å². The summed E-state index contributed by atoms with van der Waals surface area (Å²) in [6.07, 6.45) is 1.70. The van der Waals surface area contributed by atoms with Gasteiger partial charge in [0.05, 0.1) is 5.56 Å². The second-order valence-electron chi connectivity index (χ2n) is 3.84. The number of benzene rings is 1. The van der Waals surface area contributed by atoms with Crippen molar-refractivity contribution in [3.05, 3.63) is 34.4 Å². The van der Waals surface area contributed by atoms with Crippen molar-refractivity contribution < 1.29 is 18.7 Å². The number of halogens is 2. The molecule has 0 radical (unpaired) electrons. The summed E-state index contributed by atoms with van der Waals surface area (Å²) in [5, 5.41) is 8.65. The first kappa shape index (κ1) is 10.1.